The first-order valence-electron chi connectivity index (χ1n) is 8.76. The van der Waals surface area contributed by atoms with Gasteiger partial charge in [-0.2, -0.15) is 0 Å². The molecule has 1 saturated heterocycles. The van der Waals surface area contributed by atoms with Gasteiger partial charge < -0.3 is 9.42 Å². The van der Waals surface area contributed by atoms with Gasteiger partial charge in [-0.15, -0.1) is 0 Å². The molecule has 2 aromatic rings. The zero-order valence-electron chi connectivity index (χ0n) is 13.9. The van der Waals surface area contributed by atoms with Gasteiger partial charge in [0.25, 0.3) is 5.91 Å². The first-order valence-corrected chi connectivity index (χ1v) is 10.2. The summed E-state index contributed by atoms with van der Waals surface area (Å²) < 4.78 is 33.2. The monoisotopic (exact) mass is 363 g/mol. The van der Waals surface area contributed by atoms with Gasteiger partial charge in [0.1, 0.15) is 0 Å². The maximum atomic E-state index is 12.6. The summed E-state index contributed by atoms with van der Waals surface area (Å²) >= 11 is 0. The van der Waals surface area contributed by atoms with Crippen molar-refractivity contribution in [3.8, 4) is 0 Å². The Morgan fingerprint density at radius 2 is 1.88 bits per heavy atom. The number of carbonyl (C=O) groups excluding carboxylic acids is 1. The molecule has 1 N–H and O–H groups in total. The Kier molecular flexibility index (Phi) is 4.24. The molecule has 4 rings (SSSR count). The second-order valence-corrected chi connectivity index (χ2v) is 8.51. The predicted molar refractivity (Wildman–Crippen MR) is 91.7 cm³/mol. The van der Waals surface area contributed by atoms with Gasteiger partial charge in [0, 0.05) is 19.1 Å². The first-order chi connectivity index (χ1) is 12.0. The summed E-state index contributed by atoms with van der Waals surface area (Å²) in [6, 6.07) is 4.54. The lowest BCUT2D eigenvalue weighted by Gasteiger charge is -2.14. The third-order valence-corrected chi connectivity index (χ3v) is 6.54. The van der Waals surface area contributed by atoms with Crippen LogP contribution in [0.5, 0.6) is 0 Å². The fourth-order valence-corrected chi connectivity index (χ4v) is 4.97. The summed E-state index contributed by atoms with van der Waals surface area (Å²) in [5.74, 6) is -0.199. The molecule has 2 heterocycles. The largest absolute Gasteiger partial charge is 0.355 e. The lowest BCUT2D eigenvalue weighted by molar-refractivity contribution is 0.0784. The van der Waals surface area contributed by atoms with E-state index < -0.39 is 10.0 Å². The molecule has 1 aromatic carbocycles. The highest BCUT2D eigenvalue weighted by molar-refractivity contribution is 7.89. The number of aromatic nitrogens is 1. The van der Waals surface area contributed by atoms with Crippen LogP contribution in [0.25, 0.3) is 11.0 Å². The normalized spacial score (nSPS) is 19.1. The number of benzene rings is 1. The molecule has 25 heavy (non-hydrogen) atoms. The maximum Gasteiger partial charge on any atom is 0.276 e. The number of likely N-dealkylation sites (tertiary alicyclic amines) is 1. The number of sulfonamides is 1. The quantitative estimate of drug-likeness (QED) is 0.900. The van der Waals surface area contributed by atoms with Crippen LogP contribution in [0.15, 0.2) is 27.6 Å². The van der Waals surface area contributed by atoms with Crippen molar-refractivity contribution in [2.75, 3.05) is 13.1 Å². The second kappa shape index (κ2) is 6.42. The first kappa shape index (κ1) is 16.5. The average molecular weight is 363 g/mol. The van der Waals surface area contributed by atoms with E-state index in [0.29, 0.717) is 24.1 Å². The highest BCUT2D eigenvalue weighted by Gasteiger charge is 2.27. The van der Waals surface area contributed by atoms with Crippen LogP contribution >= 0.6 is 0 Å². The van der Waals surface area contributed by atoms with Gasteiger partial charge in [-0.05, 0) is 43.9 Å². The van der Waals surface area contributed by atoms with Crippen molar-refractivity contribution in [1.29, 1.82) is 0 Å². The highest BCUT2D eigenvalue weighted by Crippen LogP contribution is 2.26. The van der Waals surface area contributed by atoms with Crippen molar-refractivity contribution in [2.45, 2.75) is 49.5 Å². The summed E-state index contributed by atoms with van der Waals surface area (Å²) in [5, 5.41) is 4.34. The van der Waals surface area contributed by atoms with Crippen LogP contribution in [0.4, 0.5) is 0 Å². The van der Waals surface area contributed by atoms with Crippen LogP contribution < -0.4 is 4.72 Å². The van der Waals surface area contributed by atoms with E-state index in [4.69, 9.17) is 4.52 Å². The van der Waals surface area contributed by atoms with Crippen molar-refractivity contribution in [3.63, 3.8) is 0 Å². The smallest absolute Gasteiger partial charge is 0.276 e. The van der Waals surface area contributed by atoms with Crippen LogP contribution in [0, 0.1) is 0 Å². The molecule has 0 spiro atoms. The van der Waals surface area contributed by atoms with Crippen LogP contribution in [0.3, 0.4) is 0 Å². The minimum atomic E-state index is -3.62. The summed E-state index contributed by atoms with van der Waals surface area (Å²) in [7, 11) is -3.62. The zero-order valence-corrected chi connectivity index (χ0v) is 14.7. The van der Waals surface area contributed by atoms with Crippen molar-refractivity contribution >= 4 is 26.9 Å². The Hall–Kier alpha value is -1.93. The molecule has 0 atom stereocenters. The minimum Gasteiger partial charge on any atom is -0.355 e. The molecule has 134 valence electrons. The number of hydrogen-bond donors (Lipinski definition) is 1. The molecule has 1 aliphatic carbocycles. The number of amides is 1. The van der Waals surface area contributed by atoms with E-state index in [-0.39, 0.29) is 22.5 Å². The van der Waals surface area contributed by atoms with Crippen molar-refractivity contribution in [1.82, 2.24) is 14.8 Å². The summed E-state index contributed by atoms with van der Waals surface area (Å²) in [4.78, 5) is 14.5. The number of nitrogens with one attached hydrogen (secondary N) is 1. The van der Waals surface area contributed by atoms with E-state index in [1.54, 1.807) is 11.0 Å². The zero-order chi connectivity index (χ0) is 17.4. The summed E-state index contributed by atoms with van der Waals surface area (Å²) in [6.07, 6.45) is 5.79. The Labute approximate surface area is 146 Å². The van der Waals surface area contributed by atoms with Gasteiger partial charge in [0.15, 0.2) is 11.3 Å². The molecule has 7 nitrogen and oxygen atoms in total. The molecular formula is C17H21N3O4S. The molecule has 2 fully saturated rings. The van der Waals surface area contributed by atoms with E-state index in [2.05, 4.69) is 9.88 Å². The topological polar surface area (TPSA) is 92.5 Å². The lowest BCUT2D eigenvalue weighted by Crippen LogP contribution is -2.32. The molecule has 2 aliphatic rings. The van der Waals surface area contributed by atoms with Crippen molar-refractivity contribution in [3.05, 3.63) is 23.9 Å². The molecular weight excluding hydrogens is 342 g/mol. The fourth-order valence-electron chi connectivity index (χ4n) is 3.64. The van der Waals surface area contributed by atoms with E-state index in [0.717, 1.165) is 38.5 Å². The van der Waals surface area contributed by atoms with Crippen LogP contribution in [-0.4, -0.2) is 43.5 Å². The number of nitrogens with zero attached hydrogens (tertiary/aromatic N) is 2. The molecule has 0 radical (unpaired) electrons. The van der Waals surface area contributed by atoms with E-state index >= 15 is 0 Å². The summed E-state index contributed by atoms with van der Waals surface area (Å²) in [5.41, 5.74) is 0.608. The van der Waals surface area contributed by atoms with Gasteiger partial charge >= 0.3 is 0 Å². The number of fused-ring (bicyclic) bond motifs is 1. The molecule has 8 heteroatoms. The van der Waals surface area contributed by atoms with Gasteiger partial charge in [0.05, 0.1) is 10.3 Å². The van der Waals surface area contributed by atoms with Gasteiger partial charge in [0.2, 0.25) is 10.0 Å². The maximum absolute atomic E-state index is 12.6. The summed E-state index contributed by atoms with van der Waals surface area (Å²) in [6.45, 7) is 1.41. The third-order valence-electron chi connectivity index (χ3n) is 5.02. The molecule has 1 saturated carbocycles. The third kappa shape index (κ3) is 3.16. The molecule has 1 aliphatic heterocycles. The van der Waals surface area contributed by atoms with E-state index in [9.17, 15) is 13.2 Å². The van der Waals surface area contributed by atoms with Gasteiger partial charge in [-0.25, -0.2) is 13.1 Å². The molecule has 0 unspecified atom stereocenters. The number of hydrogen-bond acceptors (Lipinski definition) is 5. The van der Waals surface area contributed by atoms with Crippen molar-refractivity contribution < 1.29 is 17.7 Å². The fraction of sp³-hybridized carbons (Fsp3) is 0.529. The molecule has 1 amide bonds. The lowest BCUT2D eigenvalue weighted by atomic mass is 10.2. The van der Waals surface area contributed by atoms with E-state index in [1.807, 2.05) is 0 Å². The molecule has 0 bridgehead atoms. The van der Waals surface area contributed by atoms with Crippen LogP contribution in [-0.2, 0) is 10.0 Å². The highest BCUT2D eigenvalue weighted by atomic mass is 32.2. The Morgan fingerprint density at radius 3 is 2.60 bits per heavy atom. The Balaban J connectivity index is 1.66. The molecule has 1 aromatic heterocycles. The van der Waals surface area contributed by atoms with Crippen molar-refractivity contribution in [2.24, 2.45) is 0 Å². The Morgan fingerprint density at radius 1 is 1.16 bits per heavy atom. The average Bonchev–Trinajstić information content (AvgIpc) is 3.34. The van der Waals surface area contributed by atoms with Gasteiger partial charge in [-0.3, -0.25) is 4.79 Å². The minimum absolute atomic E-state index is 0.00567. The van der Waals surface area contributed by atoms with Crippen LogP contribution in [0.2, 0.25) is 0 Å². The predicted octanol–water partition coefficient (Wildman–Crippen LogP) is 2.28. The standard InChI is InChI=1S/C17H21N3O4S/c21-17(20-9-3-4-10-20)16-14-11-13(7-8-15(14)24-18-16)25(22,23)19-12-5-1-2-6-12/h7-8,11-12,19H,1-6,9-10H2. The van der Waals surface area contributed by atoms with Gasteiger partial charge in [-0.1, -0.05) is 18.0 Å². The number of carbonyl (C=O) groups is 1. The SMILES string of the molecule is O=C(c1noc2ccc(S(=O)(=O)NC3CCCC3)cc12)N1CCCC1. The second-order valence-electron chi connectivity index (χ2n) is 6.79. The Bertz CT molecular complexity index is 894. The number of rotatable bonds is 4. The van der Waals surface area contributed by atoms with E-state index in [1.165, 1.54) is 12.1 Å². The van der Waals surface area contributed by atoms with Crippen LogP contribution in [0.1, 0.15) is 49.0 Å².